The molecule has 0 fully saturated rings. The highest BCUT2D eigenvalue weighted by Gasteiger charge is 2.35. The first kappa shape index (κ1) is 17.3. The van der Waals surface area contributed by atoms with E-state index in [4.69, 9.17) is 4.74 Å². The summed E-state index contributed by atoms with van der Waals surface area (Å²) in [5.41, 5.74) is -1.77. The molecular weight excluding hydrogens is 285 g/mol. The maximum atomic E-state index is 12.9. The highest BCUT2D eigenvalue weighted by molar-refractivity contribution is 6.00. The van der Waals surface area contributed by atoms with Crippen molar-refractivity contribution >= 4 is 11.6 Å². The molecule has 1 aromatic carbocycles. The summed E-state index contributed by atoms with van der Waals surface area (Å²) in [5.74, 6) is -0.587. The van der Waals surface area contributed by atoms with Gasteiger partial charge in [0, 0.05) is 20.7 Å². The first-order valence-corrected chi connectivity index (χ1v) is 6.33. The van der Waals surface area contributed by atoms with E-state index < -0.39 is 23.2 Å². The quantitative estimate of drug-likeness (QED) is 0.879. The smallest absolute Gasteiger partial charge is 0.387 e. The molecule has 2 N–H and O–H groups in total. The van der Waals surface area contributed by atoms with Gasteiger partial charge in [-0.1, -0.05) is 6.07 Å². The maximum Gasteiger partial charge on any atom is 0.418 e. The summed E-state index contributed by atoms with van der Waals surface area (Å²) >= 11 is 0. The fourth-order valence-electron chi connectivity index (χ4n) is 1.71. The van der Waals surface area contributed by atoms with E-state index in [1.54, 1.807) is 13.8 Å². The summed E-state index contributed by atoms with van der Waals surface area (Å²) < 4.78 is 43.9. The number of alkyl halides is 3. The molecule has 0 atom stereocenters. The molecule has 0 saturated heterocycles. The Labute approximate surface area is 121 Å². The molecule has 0 aliphatic carbocycles. The molecule has 1 rings (SSSR count). The van der Waals surface area contributed by atoms with Gasteiger partial charge in [0.25, 0.3) is 5.91 Å². The Hall–Kier alpha value is -1.76. The lowest BCUT2D eigenvalue weighted by Crippen LogP contribution is -2.40. The van der Waals surface area contributed by atoms with E-state index in [9.17, 15) is 18.0 Å². The number of benzene rings is 1. The molecule has 0 aliphatic rings. The largest absolute Gasteiger partial charge is 0.418 e. The third kappa shape index (κ3) is 4.35. The van der Waals surface area contributed by atoms with Crippen LogP contribution in [0, 0.1) is 0 Å². The number of hydrogen-bond donors (Lipinski definition) is 2. The van der Waals surface area contributed by atoms with Crippen LogP contribution in [0.15, 0.2) is 18.2 Å². The summed E-state index contributed by atoms with van der Waals surface area (Å²) in [6, 6.07) is 3.48. The molecule has 7 heteroatoms. The number of nitrogens with one attached hydrogen (secondary N) is 2. The van der Waals surface area contributed by atoms with E-state index in [1.807, 2.05) is 0 Å². The van der Waals surface area contributed by atoms with Crippen LogP contribution in [0.3, 0.4) is 0 Å². The van der Waals surface area contributed by atoms with Crippen LogP contribution in [0.5, 0.6) is 0 Å². The molecule has 0 unspecified atom stereocenters. The van der Waals surface area contributed by atoms with Crippen molar-refractivity contribution in [2.45, 2.75) is 25.6 Å². The average Bonchev–Trinajstić information content (AvgIpc) is 2.43. The molecule has 0 heterocycles. The van der Waals surface area contributed by atoms with Gasteiger partial charge in [-0.3, -0.25) is 4.79 Å². The molecule has 0 aromatic heterocycles. The summed E-state index contributed by atoms with van der Waals surface area (Å²) in [6.45, 7) is 3.71. The van der Waals surface area contributed by atoms with Crippen molar-refractivity contribution < 1.29 is 22.7 Å². The molecule has 118 valence electrons. The molecule has 4 nitrogen and oxygen atoms in total. The second kappa shape index (κ2) is 6.34. The van der Waals surface area contributed by atoms with Gasteiger partial charge >= 0.3 is 6.18 Å². The number of anilines is 1. The second-order valence-corrected chi connectivity index (χ2v) is 5.12. The maximum absolute atomic E-state index is 12.9. The minimum absolute atomic E-state index is 0.0563. The van der Waals surface area contributed by atoms with E-state index in [0.717, 1.165) is 6.07 Å². The number of methoxy groups -OCH3 is 1. The lowest BCUT2D eigenvalue weighted by molar-refractivity contribution is -0.136. The normalized spacial score (nSPS) is 12.1. The van der Waals surface area contributed by atoms with Crippen LogP contribution in [-0.4, -0.2) is 32.2 Å². The molecule has 0 aliphatic heterocycles. The molecule has 0 bridgehead atoms. The number of para-hydroxylation sites is 1. The van der Waals surface area contributed by atoms with Crippen LogP contribution in [0.2, 0.25) is 0 Å². The third-order valence-electron chi connectivity index (χ3n) is 3.09. The standard InChI is InChI=1S/C14H19F3N2O2/c1-13(2,21-4)8-19-12(20)9-6-5-7-10(11(9)18-3)14(15,16)17/h5-7,18H,8H2,1-4H3,(H,19,20). The molecule has 1 amide bonds. The Morgan fingerprint density at radius 1 is 1.29 bits per heavy atom. The van der Waals surface area contributed by atoms with Crippen molar-refractivity contribution in [1.82, 2.24) is 5.32 Å². The molecule has 0 spiro atoms. The lowest BCUT2D eigenvalue weighted by Gasteiger charge is -2.23. The Kier molecular flexibility index (Phi) is 5.22. The first-order chi connectivity index (χ1) is 9.62. The van der Waals surface area contributed by atoms with Crippen molar-refractivity contribution in [3.05, 3.63) is 29.3 Å². The summed E-state index contributed by atoms with van der Waals surface area (Å²) in [7, 11) is 2.84. The highest BCUT2D eigenvalue weighted by atomic mass is 19.4. The zero-order valence-corrected chi connectivity index (χ0v) is 12.4. The van der Waals surface area contributed by atoms with E-state index in [-0.39, 0.29) is 17.8 Å². The van der Waals surface area contributed by atoms with Gasteiger partial charge in [0.05, 0.1) is 22.4 Å². The summed E-state index contributed by atoms with van der Waals surface area (Å²) in [5, 5.41) is 5.02. The Balaban J connectivity index is 3.05. The van der Waals surface area contributed by atoms with E-state index >= 15 is 0 Å². The molecule has 1 aromatic rings. The average molecular weight is 304 g/mol. The minimum atomic E-state index is -4.53. The number of amides is 1. The van der Waals surface area contributed by atoms with Gasteiger partial charge in [-0.05, 0) is 26.0 Å². The van der Waals surface area contributed by atoms with Gasteiger partial charge in [-0.2, -0.15) is 13.2 Å². The molecule has 21 heavy (non-hydrogen) atoms. The first-order valence-electron chi connectivity index (χ1n) is 6.33. The SMILES string of the molecule is CNc1c(C(=O)NCC(C)(C)OC)cccc1C(F)(F)F. The Morgan fingerprint density at radius 2 is 1.90 bits per heavy atom. The Bertz CT molecular complexity index is 513. The number of rotatable bonds is 5. The zero-order chi connectivity index (χ0) is 16.3. The fraction of sp³-hybridized carbons (Fsp3) is 0.500. The fourth-order valence-corrected chi connectivity index (χ4v) is 1.71. The van der Waals surface area contributed by atoms with Crippen molar-refractivity contribution in [2.24, 2.45) is 0 Å². The van der Waals surface area contributed by atoms with Crippen LogP contribution < -0.4 is 10.6 Å². The van der Waals surface area contributed by atoms with Gasteiger partial charge in [0.15, 0.2) is 0 Å². The summed E-state index contributed by atoms with van der Waals surface area (Å²) in [6.07, 6.45) is -4.53. The molecule has 0 saturated carbocycles. The predicted molar refractivity (Wildman–Crippen MR) is 74.4 cm³/mol. The van der Waals surface area contributed by atoms with Gasteiger partial charge in [-0.25, -0.2) is 0 Å². The number of carbonyl (C=O) groups is 1. The monoisotopic (exact) mass is 304 g/mol. The Morgan fingerprint density at radius 3 is 2.38 bits per heavy atom. The van der Waals surface area contributed by atoms with Crippen molar-refractivity contribution in [1.29, 1.82) is 0 Å². The van der Waals surface area contributed by atoms with Crippen LogP contribution in [0.4, 0.5) is 18.9 Å². The van der Waals surface area contributed by atoms with Crippen LogP contribution in [0.1, 0.15) is 29.8 Å². The van der Waals surface area contributed by atoms with E-state index in [1.165, 1.54) is 26.3 Å². The number of ether oxygens (including phenoxy) is 1. The summed E-state index contributed by atoms with van der Waals surface area (Å²) in [4.78, 5) is 12.1. The minimum Gasteiger partial charge on any atom is -0.387 e. The lowest BCUT2D eigenvalue weighted by atomic mass is 10.0. The molecule has 0 radical (unpaired) electrons. The van der Waals surface area contributed by atoms with E-state index in [0.29, 0.717) is 0 Å². The predicted octanol–water partition coefficient (Wildman–Crippen LogP) is 2.90. The van der Waals surface area contributed by atoms with E-state index in [2.05, 4.69) is 10.6 Å². The van der Waals surface area contributed by atoms with Crippen LogP contribution in [0.25, 0.3) is 0 Å². The topological polar surface area (TPSA) is 50.4 Å². The number of halogens is 3. The van der Waals surface area contributed by atoms with Crippen LogP contribution in [-0.2, 0) is 10.9 Å². The third-order valence-corrected chi connectivity index (χ3v) is 3.09. The van der Waals surface area contributed by atoms with Gasteiger partial charge in [0.2, 0.25) is 0 Å². The number of hydrogen-bond acceptors (Lipinski definition) is 3. The second-order valence-electron chi connectivity index (χ2n) is 5.12. The van der Waals surface area contributed by atoms with Crippen molar-refractivity contribution in [3.63, 3.8) is 0 Å². The highest BCUT2D eigenvalue weighted by Crippen LogP contribution is 2.36. The number of carbonyl (C=O) groups excluding carboxylic acids is 1. The molecular formula is C14H19F3N2O2. The van der Waals surface area contributed by atoms with Gasteiger partial charge in [-0.15, -0.1) is 0 Å². The van der Waals surface area contributed by atoms with Crippen molar-refractivity contribution in [3.8, 4) is 0 Å². The van der Waals surface area contributed by atoms with Gasteiger partial charge in [0.1, 0.15) is 0 Å². The van der Waals surface area contributed by atoms with Crippen molar-refractivity contribution in [2.75, 3.05) is 26.0 Å². The zero-order valence-electron chi connectivity index (χ0n) is 12.4. The van der Waals surface area contributed by atoms with Crippen LogP contribution >= 0.6 is 0 Å². The van der Waals surface area contributed by atoms with Gasteiger partial charge < -0.3 is 15.4 Å².